The van der Waals surface area contributed by atoms with Crippen molar-refractivity contribution in [2.45, 2.75) is 0 Å². The summed E-state index contributed by atoms with van der Waals surface area (Å²) in [4.78, 5) is 35.3. The number of carbonyl (C=O) groups excluding carboxylic acids is 2. The van der Waals surface area contributed by atoms with Crippen molar-refractivity contribution in [3.63, 3.8) is 0 Å². The molecule has 10 heteroatoms. The van der Waals surface area contributed by atoms with Crippen molar-refractivity contribution in [2.75, 3.05) is 7.11 Å². The van der Waals surface area contributed by atoms with Crippen molar-refractivity contribution in [1.82, 2.24) is 5.43 Å². The lowest BCUT2D eigenvalue weighted by Crippen LogP contribution is -2.17. The number of ether oxygens (including phenoxy) is 2. The third kappa shape index (κ3) is 6.50. The Bertz CT molecular complexity index is 1250. The predicted molar refractivity (Wildman–Crippen MR) is 127 cm³/mol. The molecular formula is C24H18ClN3O6. The van der Waals surface area contributed by atoms with Crippen molar-refractivity contribution in [3.8, 4) is 11.5 Å². The van der Waals surface area contributed by atoms with Crippen LogP contribution in [-0.4, -0.2) is 30.1 Å². The van der Waals surface area contributed by atoms with Gasteiger partial charge in [-0.1, -0.05) is 29.8 Å². The van der Waals surface area contributed by atoms with E-state index >= 15 is 0 Å². The van der Waals surface area contributed by atoms with Crippen molar-refractivity contribution in [1.29, 1.82) is 0 Å². The third-order valence-corrected chi connectivity index (χ3v) is 4.68. The summed E-state index contributed by atoms with van der Waals surface area (Å²) in [6, 6.07) is 17.1. The van der Waals surface area contributed by atoms with Gasteiger partial charge in [0, 0.05) is 28.3 Å². The van der Waals surface area contributed by atoms with Gasteiger partial charge in [-0.3, -0.25) is 14.9 Å². The standard InChI is InChI=1S/C24H18ClN3O6/c1-33-20-12-8-17(9-13-20)24(30)27-26-15-18-3-2-4-21(28(31)32)23(18)34-22(29)14-7-16-5-10-19(25)11-6-16/h2-15H,1H3,(H,27,30)/b14-7+,26-15+. The molecule has 1 amide bonds. The van der Waals surface area contributed by atoms with Crippen LogP contribution in [0.15, 0.2) is 77.9 Å². The van der Waals surface area contributed by atoms with Crippen LogP contribution in [0.1, 0.15) is 21.5 Å². The molecule has 172 valence electrons. The maximum Gasteiger partial charge on any atom is 0.336 e. The van der Waals surface area contributed by atoms with E-state index in [9.17, 15) is 19.7 Å². The minimum Gasteiger partial charge on any atom is -0.497 e. The van der Waals surface area contributed by atoms with E-state index < -0.39 is 22.5 Å². The first-order chi connectivity index (χ1) is 16.4. The number of rotatable bonds is 8. The Morgan fingerprint density at radius 1 is 1.06 bits per heavy atom. The molecule has 0 aromatic heterocycles. The van der Waals surface area contributed by atoms with Gasteiger partial charge in [-0.05, 0) is 54.1 Å². The number of hydrogen-bond acceptors (Lipinski definition) is 7. The van der Waals surface area contributed by atoms with Gasteiger partial charge >= 0.3 is 11.7 Å². The van der Waals surface area contributed by atoms with Crippen LogP contribution in [0.3, 0.4) is 0 Å². The Kier molecular flexibility index (Phi) is 8.09. The largest absolute Gasteiger partial charge is 0.497 e. The number of esters is 1. The normalized spacial score (nSPS) is 10.9. The summed E-state index contributed by atoms with van der Waals surface area (Å²) in [5.41, 5.74) is 3.03. The topological polar surface area (TPSA) is 120 Å². The zero-order valence-corrected chi connectivity index (χ0v) is 18.6. The number of methoxy groups -OCH3 is 1. The first kappa shape index (κ1) is 24.1. The molecule has 1 N–H and O–H groups in total. The van der Waals surface area contributed by atoms with Crippen molar-refractivity contribution >= 4 is 41.5 Å². The number of para-hydroxylation sites is 1. The summed E-state index contributed by atoms with van der Waals surface area (Å²) < 4.78 is 10.3. The molecule has 0 saturated carbocycles. The van der Waals surface area contributed by atoms with Crippen molar-refractivity contribution in [3.05, 3.63) is 105 Å². The van der Waals surface area contributed by atoms with Gasteiger partial charge in [-0.15, -0.1) is 0 Å². The molecule has 0 aliphatic rings. The highest BCUT2D eigenvalue weighted by atomic mass is 35.5. The van der Waals surface area contributed by atoms with E-state index in [2.05, 4.69) is 10.5 Å². The third-order valence-electron chi connectivity index (χ3n) is 4.43. The maximum atomic E-state index is 12.3. The molecule has 0 fully saturated rings. The minimum atomic E-state index is -0.832. The van der Waals surface area contributed by atoms with Crippen LogP contribution in [0.2, 0.25) is 5.02 Å². The number of amides is 1. The molecule has 0 bridgehead atoms. The van der Waals surface area contributed by atoms with Gasteiger partial charge in [0.25, 0.3) is 5.91 Å². The number of nitro benzene ring substituents is 1. The molecule has 9 nitrogen and oxygen atoms in total. The molecule has 3 rings (SSSR count). The fourth-order valence-corrected chi connectivity index (χ4v) is 2.86. The Morgan fingerprint density at radius 2 is 1.76 bits per heavy atom. The summed E-state index contributed by atoms with van der Waals surface area (Å²) in [7, 11) is 1.51. The van der Waals surface area contributed by atoms with Crippen LogP contribution in [-0.2, 0) is 4.79 Å². The van der Waals surface area contributed by atoms with Gasteiger partial charge in [0.1, 0.15) is 5.75 Å². The van der Waals surface area contributed by atoms with Crippen molar-refractivity contribution in [2.24, 2.45) is 5.10 Å². The van der Waals surface area contributed by atoms with Gasteiger partial charge in [0.2, 0.25) is 5.75 Å². The molecule has 34 heavy (non-hydrogen) atoms. The summed E-state index contributed by atoms with van der Waals surface area (Å²) >= 11 is 5.83. The molecular weight excluding hydrogens is 462 g/mol. The quantitative estimate of drug-likeness (QED) is 0.125. The highest BCUT2D eigenvalue weighted by molar-refractivity contribution is 6.30. The van der Waals surface area contributed by atoms with E-state index in [0.29, 0.717) is 21.9 Å². The molecule has 0 saturated heterocycles. The molecule has 0 radical (unpaired) electrons. The van der Waals surface area contributed by atoms with Crippen molar-refractivity contribution < 1.29 is 24.0 Å². The highest BCUT2D eigenvalue weighted by Crippen LogP contribution is 2.30. The van der Waals surface area contributed by atoms with E-state index in [1.807, 2.05) is 0 Å². The Labute approximate surface area is 199 Å². The first-order valence-corrected chi connectivity index (χ1v) is 10.2. The van der Waals surface area contributed by atoms with Gasteiger partial charge in [-0.25, -0.2) is 10.2 Å². The van der Waals surface area contributed by atoms with Crippen LogP contribution in [0.5, 0.6) is 11.5 Å². The second-order valence-corrected chi connectivity index (χ2v) is 7.12. The number of hydrazone groups is 1. The Hall–Kier alpha value is -4.50. The number of nitrogens with zero attached hydrogens (tertiary/aromatic N) is 2. The second-order valence-electron chi connectivity index (χ2n) is 6.69. The lowest BCUT2D eigenvalue weighted by molar-refractivity contribution is -0.385. The number of hydrogen-bond donors (Lipinski definition) is 1. The van der Waals surface area contributed by atoms with Crippen LogP contribution >= 0.6 is 11.6 Å². The van der Waals surface area contributed by atoms with Crippen LogP contribution in [0, 0.1) is 10.1 Å². The van der Waals surface area contributed by atoms with E-state index in [1.165, 1.54) is 31.4 Å². The number of halogens is 1. The first-order valence-electron chi connectivity index (χ1n) is 9.77. The molecule has 0 aliphatic heterocycles. The molecule has 0 atom stereocenters. The zero-order chi connectivity index (χ0) is 24.5. The summed E-state index contributed by atoms with van der Waals surface area (Å²) in [6.45, 7) is 0. The van der Waals surface area contributed by atoms with Gasteiger partial charge in [-0.2, -0.15) is 5.10 Å². The molecule has 3 aromatic rings. The number of nitro groups is 1. The highest BCUT2D eigenvalue weighted by Gasteiger charge is 2.20. The SMILES string of the molecule is COc1ccc(C(=O)N/N=C/c2cccc([N+](=O)[O-])c2OC(=O)/C=C/c2ccc(Cl)cc2)cc1. The lowest BCUT2D eigenvalue weighted by atomic mass is 10.2. The van der Waals surface area contributed by atoms with Crippen LogP contribution in [0.4, 0.5) is 5.69 Å². The predicted octanol–water partition coefficient (Wildman–Crippen LogP) is 4.64. The fourth-order valence-electron chi connectivity index (χ4n) is 2.74. The van der Waals surface area contributed by atoms with Crippen LogP contribution < -0.4 is 14.9 Å². The average Bonchev–Trinajstić information content (AvgIpc) is 2.84. The van der Waals surface area contributed by atoms with Gasteiger partial charge in [0.15, 0.2) is 0 Å². The maximum absolute atomic E-state index is 12.3. The van der Waals surface area contributed by atoms with E-state index in [1.54, 1.807) is 48.5 Å². The fraction of sp³-hybridized carbons (Fsp3) is 0.0417. The summed E-state index contributed by atoms with van der Waals surface area (Å²) in [5, 5.41) is 15.8. The summed E-state index contributed by atoms with van der Waals surface area (Å²) in [6.07, 6.45) is 3.77. The minimum absolute atomic E-state index is 0.123. The van der Waals surface area contributed by atoms with E-state index in [4.69, 9.17) is 21.1 Å². The second kappa shape index (κ2) is 11.4. The Balaban J connectivity index is 1.76. The van der Waals surface area contributed by atoms with Gasteiger partial charge in [0.05, 0.1) is 18.2 Å². The lowest BCUT2D eigenvalue weighted by Gasteiger charge is -2.06. The summed E-state index contributed by atoms with van der Waals surface area (Å²) in [5.74, 6) is -1.05. The van der Waals surface area contributed by atoms with E-state index in [0.717, 1.165) is 12.3 Å². The van der Waals surface area contributed by atoms with Crippen LogP contribution in [0.25, 0.3) is 6.08 Å². The number of nitrogens with one attached hydrogen (secondary N) is 1. The average molecular weight is 480 g/mol. The zero-order valence-electron chi connectivity index (χ0n) is 17.8. The monoisotopic (exact) mass is 479 g/mol. The number of carbonyl (C=O) groups is 2. The number of benzene rings is 3. The molecule has 3 aromatic carbocycles. The van der Waals surface area contributed by atoms with E-state index in [-0.39, 0.29) is 11.3 Å². The molecule has 0 aliphatic carbocycles. The molecule has 0 spiro atoms. The molecule has 0 heterocycles. The Morgan fingerprint density at radius 3 is 2.41 bits per heavy atom. The molecule has 0 unspecified atom stereocenters. The smallest absolute Gasteiger partial charge is 0.336 e. The van der Waals surface area contributed by atoms with Gasteiger partial charge < -0.3 is 9.47 Å².